The standard InChI is InChI=1S/C12H15N3O4.2C2H6/c1-7-6-9(11(18)19)14-12(13-7)15-4-2-8(3-5-15)10(16)17;2*1-2/h6,8H,2-5H2,1H3,(H,16,17)(H,18,19);2*1-2H3. The quantitative estimate of drug-likeness (QED) is 0.880. The van der Waals surface area contributed by atoms with Crippen molar-refractivity contribution in [2.75, 3.05) is 18.0 Å². The highest BCUT2D eigenvalue weighted by Crippen LogP contribution is 2.21. The largest absolute Gasteiger partial charge is 0.481 e. The lowest BCUT2D eigenvalue weighted by atomic mass is 9.97. The van der Waals surface area contributed by atoms with Crippen LogP contribution in [0.25, 0.3) is 0 Å². The molecule has 1 fully saturated rings. The molecule has 2 rings (SSSR count). The number of aliphatic carboxylic acids is 1. The summed E-state index contributed by atoms with van der Waals surface area (Å²) in [6, 6.07) is 1.41. The molecular weight excluding hydrogens is 298 g/mol. The van der Waals surface area contributed by atoms with E-state index in [0.29, 0.717) is 37.6 Å². The number of aromatic carboxylic acids is 1. The van der Waals surface area contributed by atoms with Crippen molar-refractivity contribution in [3.05, 3.63) is 17.5 Å². The van der Waals surface area contributed by atoms with Crippen molar-refractivity contribution in [1.82, 2.24) is 9.97 Å². The first-order valence-corrected chi connectivity index (χ1v) is 8.04. The summed E-state index contributed by atoms with van der Waals surface area (Å²) < 4.78 is 0. The number of hydrogen-bond acceptors (Lipinski definition) is 5. The third-order valence-corrected chi connectivity index (χ3v) is 3.19. The summed E-state index contributed by atoms with van der Waals surface area (Å²) in [6.07, 6.45) is 1.05. The number of rotatable bonds is 3. The molecule has 7 heteroatoms. The molecule has 0 bridgehead atoms. The van der Waals surface area contributed by atoms with Crippen LogP contribution in [-0.4, -0.2) is 45.2 Å². The number of carboxylic acid groups (broad SMARTS) is 2. The van der Waals surface area contributed by atoms with Gasteiger partial charge in [0.05, 0.1) is 5.92 Å². The van der Waals surface area contributed by atoms with Gasteiger partial charge in [-0.3, -0.25) is 4.79 Å². The molecule has 1 aromatic heterocycles. The van der Waals surface area contributed by atoms with Gasteiger partial charge >= 0.3 is 11.9 Å². The van der Waals surface area contributed by atoms with Crippen molar-refractivity contribution in [2.24, 2.45) is 5.92 Å². The van der Waals surface area contributed by atoms with E-state index in [2.05, 4.69) is 9.97 Å². The van der Waals surface area contributed by atoms with Crippen LogP contribution < -0.4 is 4.90 Å². The van der Waals surface area contributed by atoms with Gasteiger partial charge in [-0.25, -0.2) is 14.8 Å². The molecule has 2 N–H and O–H groups in total. The third kappa shape index (κ3) is 6.22. The highest BCUT2D eigenvalue weighted by molar-refractivity contribution is 5.85. The number of carboxylic acids is 2. The second-order valence-electron chi connectivity index (χ2n) is 4.60. The van der Waals surface area contributed by atoms with Gasteiger partial charge in [-0.15, -0.1) is 0 Å². The minimum atomic E-state index is -1.09. The zero-order valence-corrected chi connectivity index (χ0v) is 14.5. The number of carbonyl (C=O) groups is 2. The Bertz CT molecular complexity index is 512. The lowest BCUT2D eigenvalue weighted by molar-refractivity contribution is -0.142. The molecule has 0 atom stereocenters. The molecule has 1 aliphatic heterocycles. The number of nitrogens with zero attached hydrogens (tertiary/aromatic N) is 3. The molecule has 0 radical (unpaired) electrons. The van der Waals surface area contributed by atoms with Crippen molar-refractivity contribution < 1.29 is 19.8 Å². The van der Waals surface area contributed by atoms with E-state index < -0.39 is 11.9 Å². The van der Waals surface area contributed by atoms with Gasteiger partial charge in [-0.2, -0.15) is 0 Å². The van der Waals surface area contributed by atoms with Crippen molar-refractivity contribution >= 4 is 17.9 Å². The van der Waals surface area contributed by atoms with Crippen LogP contribution in [0.2, 0.25) is 0 Å². The molecule has 1 aromatic rings. The molecule has 7 nitrogen and oxygen atoms in total. The van der Waals surface area contributed by atoms with Gasteiger partial charge < -0.3 is 15.1 Å². The molecule has 1 aliphatic rings. The van der Waals surface area contributed by atoms with Gasteiger partial charge in [0.25, 0.3) is 0 Å². The summed E-state index contributed by atoms with van der Waals surface area (Å²) in [7, 11) is 0. The molecule has 130 valence electrons. The van der Waals surface area contributed by atoms with Gasteiger partial charge in [0.2, 0.25) is 5.95 Å². The second-order valence-corrected chi connectivity index (χ2v) is 4.60. The lowest BCUT2D eigenvalue weighted by Crippen LogP contribution is -2.37. The van der Waals surface area contributed by atoms with E-state index in [4.69, 9.17) is 10.2 Å². The average Bonchev–Trinajstić information content (AvgIpc) is 2.58. The molecule has 0 amide bonds. The summed E-state index contributed by atoms with van der Waals surface area (Å²) >= 11 is 0. The average molecular weight is 325 g/mol. The van der Waals surface area contributed by atoms with Crippen LogP contribution in [0.1, 0.15) is 56.7 Å². The van der Waals surface area contributed by atoms with Crippen LogP contribution in [-0.2, 0) is 4.79 Å². The van der Waals surface area contributed by atoms with E-state index in [0.717, 1.165) is 0 Å². The van der Waals surface area contributed by atoms with Crippen molar-refractivity contribution in [2.45, 2.75) is 47.5 Å². The summed E-state index contributed by atoms with van der Waals surface area (Å²) in [4.78, 5) is 31.9. The molecule has 0 saturated carbocycles. The minimum absolute atomic E-state index is 0.0390. The number of aromatic nitrogens is 2. The molecule has 0 spiro atoms. The highest BCUT2D eigenvalue weighted by atomic mass is 16.4. The predicted molar refractivity (Wildman–Crippen MR) is 89.0 cm³/mol. The first kappa shape index (κ1) is 20.8. The van der Waals surface area contributed by atoms with Crippen molar-refractivity contribution in [1.29, 1.82) is 0 Å². The zero-order chi connectivity index (χ0) is 18.0. The molecule has 2 heterocycles. The Balaban J connectivity index is 0.00000112. The van der Waals surface area contributed by atoms with E-state index in [1.54, 1.807) is 6.92 Å². The fourth-order valence-electron chi connectivity index (χ4n) is 2.13. The monoisotopic (exact) mass is 325 g/mol. The third-order valence-electron chi connectivity index (χ3n) is 3.19. The van der Waals surface area contributed by atoms with Crippen molar-refractivity contribution in [3.63, 3.8) is 0 Å². The lowest BCUT2D eigenvalue weighted by Gasteiger charge is -2.30. The van der Waals surface area contributed by atoms with Crippen LogP contribution in [0, 0.1) is 12.8 Å². The number of anilines is 1. The van der Waals surface area contributed by atoms with Gasteiger partial charge in [0.1, 0.15) is 0 Å². The Morgan fingerprint density at radius 2 is 1.61 bits per heavy atom. The Morgan fingerprint density at radius 1 is 1.09 bits per heavy atom. The fraction of sp³-hybridized carbons (Fsp3) is 0.625. The molecule has 1 saturated heterocycles. The maximum absolute atomic E-state index is 10.9. The highest BCUT2D eigenvalue weighted by Gasteiger charge is 2.26. The van der Waals surface area contributed by atoms with Gasteiger partial charge in [-0.1, -0.05) is 27.7 Å². The van der Waals surface area contributed by atoms with Crippen LogP contribution in [0.4, 0.5) is 5.95 Å². The number of aryl methyl sites for hydroxylation is 1. The predicted octanol–water partition coefficient (Wildman–Crippen LogP) is 2.84. The summed E-state index contributed by atoms with van der Waals surface area (Å²) in [6.45, 7) is 10.8. The first-order chi connectivity index (χ1) is 11.0. The van der Waals surface area contributed by atoms with Crippen molar-refractivity contribution in [3.8, 4) is 0 Å². The Hall–Kier alpha value is -2.18. The molecular formula is C16H27N3O4. The zero-order valence-electron chi connectivity index (χ0n) is 14.5. The van der Waals surface area contributed by atoms with Crippen LogP contribution >= 0.6 is 0 Å². The summed E-state index contributed by atoms with van der Waals surface area (Å²) in [5, 5.41) is 17.9. The summed E-state index contributed by atoms with van der Waals surface area (Å²) in [5.41, 5.74) is 0.547. The van der Waals surface area contributed by atoms with E-state index in [1.807, 2.05) is 32.6 Å². The van der Waals surface area contributed by atoms with Crippen LogP contribution in [0.15, 0.2) is 6.07 Å². The first-order valence-electron chi connectivity index (χ1n) is 8.04. The van der Waals surface area contributed by atoms with E-state index >= 15 is 0 Å². The number of hydrogen-bond donors (Lipinski definition) is 2. The Labute approximate surface area is 137 Å². The molecule has 0 aliphatic carbocycles. The minimum Gasteiger partial charge on any atom is -0.481 e. The topological polar surface area (TPSA) is 104 Å². The van der Waals surface area contributed by atoms with E-state index in [-0.39, 0.29) is 11.6 Å². The van der Waals surface area contributed by atoms with Gasteiger partial charge in [0, 0.05) is 18.8 Å². The number of piperidine rings is 1. The Morgan fingerprint density at radius 3 is 2.04 bits per heavy atom. The summed E-state index contributed by atoms with van der Waals surface area (Å²) in [5.74, 6) is -1.84. The molecule has 0 aromatic carbocycles. The maximum atomic E-state index is 10.9. The van der Waals surface area contributed by atoms with Gasteiger partial charge in [0.15, 0.2) is 5.69 Å². The van der Waals surface area contributed by atoms with Crippen LogP contribution in [0.3, 0.4) is 0 Å². The van der Waals surface area contributed by atoms with E-state index in [9.17, 15) is 9.59 Å². The normalized spacial score (nSPS) is 14.0. The maximum Gasteiger partial charge on any atom is 0.354 e. The smallest absolute Gasteiger partial charge is 0.354 e. The van der Waals surface area contributed by atoms with Crippen LogP contribution in [0.5, 0.6) is 0 Å². The SMILES string of the molecule is CC.CC.Cc1cc(C(=O)O)nc(N2CCC(C(=O)O)CC2)n1. The van der Waals surface area contributed by atoms with Gasteiger partial charge in [-0.05, 0) is 25.8 Å². The fourth-order valence-corrected chi connectivity index (χ4v) is 2.13. The van der Waals surface area contributed by atoms with E-state index in [1.165, 1.54) is 6.07 Å². The Kier molecular flexibility index (Phi) is 9.53. The second kappa shape index (κ2) is 10.5. The molecule has 23 heavy (non-hydrogen) atoms. The molecule has 0 unspecified atom stereocenters.